The Morgan fingerprint density at radius 2 is 1.50 bits per heavy atom. The van der Waals surface area contributed by atoms with Crippen molar-refractivity contribution in [1.29, 1.82) is 0 Å². The average Bonchev–Trinajstić information content (AvgIpc) is 2.70. The Balaban J connectivity index is 1.83. The molecule has 3 aromatic rings. The third-order valence-electron chi connectivity index (χ3n) is 4.16. The van der Waals surface area contributed by atoms with Crippen LogP contribution in [0, 0.1) is 6.92 Å². The molecule has 0 unspecified atom stereocenters. The first-order valence-electron chi connectivity index (χ1n) is 8.60. The number of nitrogens with one attached hydrogen (secondary N) is 2. The van der Waals surface area contributed by atoms with Crippen LogP contribution in [0.3, 0.4) is 0 Å². The van der Waals surface area contributed by atoms with Crippen LogP contribution >= 0.6 is 11.6 Å². The molecule has 2 amide bonds. The smallest absolute Gasteiger partial charge is 0.255 e. The van der Waals surface area contributed by atoms with E-state index >= 15 is 0 Å². The number of methoxy groups -OCH3 is 1. The second kappa shape index (κ2) is 8.59. The molecule has 0 spiro atoms. The summed E-state index contributed by atoms with van der Waals surface area (Å²) in [6, 6.07) is 19.0. The molecule has 3 rings (SSSR count). The van der Waals surface area contributed by atoms with E-state index in [0.29, 0.717) is 33.3 Å². The first kappa shape index (κ1) is 19.5. The molecule has 2 N–H and O–H groups in total. The van der Waals surface area contributed by atoms with Crippen LogP contribution in [-0.2, 0) is 0 Å². The first-order chi connectivity index (χ1) is 13.5. The van der Waals surface area contributed by atoms with Crippen LogP contribution in [0.25, 0.3) is 0 Å². The average molecular weight is 395 g/mol. The Hall–Kier alpha value is -3.31. The molecule has 28 heavy (non-hydrogen) atoms. The Morgan fingerprint density at radius 1 is 0.857 bits per heavy atom. The molecular formula is C22H19ClN2O3. The third-order valence-corrected chi connectivity index (χ3v) is 4.59. The summed E-state index contributed by atoms with van der Waals surface area (Å²) in [5.74, 6) is -0.152. The van der Waals surface area contributed by atoms with Crippen LogP contribution in [0.15, 0.2) is 66.7 Å². The highest BCUT2D eigenvalue weighted by atomic mass is 35.5. The van der Waals surface area contributed by atoms with Gasteiger partial charge in [-0.2, -0.15) is 0 Å². The number of aryl methyl sites for hydroxylation is 1. The molecular weight excluding hydrogens is 376 g/mol. The second-order valence-corrected chi connectivity index (χ2v) is 6.56. The van der Waals surface area contributed by atoms with Crippen molar-refractivity contribution >= 4 is 34.8 Å². The van der Waals surface area contributed by atoms with Gasteiger partial charge in [0.1, 0.15) is 5.75 Å². The standard InChI is InChI=1S/C22H19ClN2O3/c1-14-12-15(8-10-18(14)23)22(27)25-19-13-16(9-11-20(19)28-2)21(26)24-17-6-4-3-5-7-17/h3-13H,1-2H3,(H,24,26)(H,25,27). The van der Waals surface area contributed by atoms with Crippen molar-refractivity contribution in [1.82, 2.24) is 0 Å². The molecule has 0 heterocycles. The zero-order chi connectivity index (χ0) is 20.1. The number of hydrogen-bond acceptors (Lipinski definition) is 3. The maximum absolute atomic E-state index is 12.6. The minimum absolute atomic E-state index is 0.285. The van der Waals surface area contributed by atoms with Gasteiger partial charge in [-0.05, 0) is 61.0 Å². The van der Waals surface area contributed by atoms with Crippen molar-refractivity contribution in [3.63, 3.8) is 0 Å². The lowest BCUT2D eigenvalue weighted by atomic mass is 10.1. The highest BCUT2D eigenvalue weighted by Crippen LogP contribution is 2.27. The van der Waals surface area contributed by atoms with Gasteiger partial charge >= 0.3 is 0 Å². The summed E-state index contributed by atoms with van der Waals surface area (Å²) in [6.07, 6.45) is 0. The number of amides is 2. The van der Waals surface area contributed by atoms with Gasteiger partial charge in [-0.15, -0.1) is 0 Å². The van der Waals surface area contributed by atoms with Gasteiger partial charge in [0.25, 0.3) is 11.8 Å². The van der Waals surface area contributed by atoms with Crippen LogP contribution in [0.2, 0.25) is 5.02 Å². The normalized spacial score (nSPS) is 10.2. The number of benzene rings is 3. The number of anilines is 2. The summed E-state index contributed by atoms with van der Waals surface area (Å²) in [5, 5.41) is 6.20. The number of halogens is 1. The lowest BCUT2D eigenvalue weighted by Gasteiger charge is -2.13. The summed E-state index contributed by atoms with van der Waals surface area (Å²) >= 11 is 6.02. The lowest BCUT2D eigenvalue weighted by Crippen LogP contribution is -2.15. The predicted octanol–water partition coefficient (Wildman–Crippen LogP) is 5.16. The number of rotatable bonds is 5. The third kappa shape index (κ3) is 4.50. The second-order valence-electron chi connectivity index (χ2n) is 6.15. The molecule has 0 aliphatic rings. The van der Waals surface area contributed by atoms with Gasteiger partial charge < -0.3 is 15.4 Å². The fourth-order valence-electron chi connectivity index (χ4n) is 2.65. The van der Waals surface area contributed by atoms with E-state index in [2.05, 4.69) is 10.6 Å². The van der Waals surface area contributed by atoms with E-state index in [9.17, 15) is 9.59 Å². The van der Waals surface area contributed by atoms with Crippen molar-refractivity contribution in [3.8, 4) is 5.75 Å². The zero-order valence-corrected chi connectivity index (χ0v) is 16.2. The molecule has 0 radical (unpaired) electrons. The van der Waals surface area contributed by atoms with Gasteiger partial charge in [-0.3, -0.25) is 9.59 Å². The highest BCUT2D eigenvalue weighted by Gasteiger charge is 2.14. The quantitative estimate of drug-likeness (QED) is 0.628. The van der Waals surface area contributed by atoms with E-state index < -0.39 is 0 Å². The summed E-state index contributed by atoms with van der Waals surface area (Å²) in [6.45, 7) is 1.83. The molecule has 5 nitrogen and oxygen atoms in total. The maximum Gasteiger partial charge on any atom is 0.255 e. The Morgan fingerprint density at radius 3 is 2.18 bits per heavy atom. The van der Waals surface area contributed by atoms with Gasteiger partial charge in [0.15, 0.2) is 0 Å². The van der Waals surface area contributed by atoms with Crippen LogP contribution in [0.1, 0.15) is 26.3 Å². The van der Waals surface area contributed by atoms with Crippen molar-refractivity contribution in [2.75, 3.05) is 17.7 Å². The van der Waals surface area contributed by atoms with E-state index in [0.717, 1.165) is 5.56 Å². The Bertz CT molecular complexity index is 1020. The SMILES string of the molecule is COc1ccc(C(=O)Nc2ccccc2)cc1NC(=O)c1ccc(Cl)c(C)c1. The molecule has 3 aromatic carbocycles. The Labute approximate surface area is 168 Å². The van der Waals surface area contributed by atoms with Gasteiger partial charge in [0.2, 0.25) is 0 Å². The minimum Gasteiger partial charge on any atom is -0.495 e. The fraction of sp³-hybridized carbons (Fsp3) is 0.0909. The predicted molar refractivity (Wildman–Crippen MR) is 112 cm³/mol. The van der Waals surface area contributed by atoms with Crippen molar-refractivity contribution in [3.05, 3.63) is 88.4 Å². The molecule has 0 fully saturated rings. The van der Waals surface area contributed by atoms with Gasteiger partial charge in [-0.1, -0.05) is 29.8 Å². The van der Waals surface area contributed by atoms with Crippen molar-refractivity contribution in [2.24, 2.45) is 0 Å². The summed E-state index contributed by atoms with van der Waals surface area (Å²) in [4.78, 5) is 25.1. The van der Waals surface area contributed by atoms with E-state index in [-0.39, 0.29) is 11.8 Å². The largest absolute Gasteiger partial charge is 0.495 e. The van der Waals surface area contributed by atoms with Gasteiger partial charge in [0, 0.05) is 21.8 Å². The van der Waals surface area contributed by atoms with Crippen LogP contribution in [0.5, 0.6) is 5.75 Å². The van der Waals surface area contributed by atoms with Crippen molar-refractivity contribution in [2.45, 2.75) is 6.92 Å². The van der Waals surface area contributed by atoms with Gasteiger partial charge in [-0.25, -0.2) is 0 Å². The lowest BCUT2D eigenvalue weighted by molar-refractivity contribution is 0.101. The van der Waals surface area contributed by atoms with E-state index in [1.54, 1.807) is 48.5 Å². The Kier molecular flexibility index (Phi) is 5.96. The minimum atomic E-state index is -0.321. The monoisotopic (exact) mass is 394 g/mol. The summed E-state index contributed by atoms with van der Waals surface area (Å²) < 4.78 is 5.31. The molecule has 0 bridgehead atoms. The molecule has 0 saturated heterocycles. The molecule has 0 aliphatic carbocycles. The number of hydrogen-bond donors (Lipinski definition) is 2. The van der Waals surface area contributed by atoms with Crippen LogP contribution in [0.4, 0.5) is 11.4 Å². The maximum atomic E-state index is 12.6. The van der Waals surface area contributed by atoms with E-state index in [4.69, 9.17) is 16.3 Å². The topological polar surface area (TPSA) is 67.4 Å². The van der Waals surface area contributed by atoms with Crippen LogP contribution < -0.4 is 15.4 Å². The number of ether oxygens (including phenoxy) is 1. The molecule has 0 aliphatic heterocycles. The molecule has 0 atom stereocenters. The molecule has 6 heteroatoms. The van der Waals surface area contributed by atoms with Gasteiger partial charge in [0.05, 0.1) is 12.8 Å². The fourth-order valence-corrected chi connectivity index (χ4v) is 2.77. The van der Waals surface area contributed by atoms with Crippen molar-refractivity contribution < 1.29 is 14.3 Å². The summed E-state index contributed by atoms with van der Waals surface area (Å²) in [5.41, 5.74) is 2.75. The highest BCUT2D eigenvalue weighted by molar-refractivity contribution is 6.31. The molecule has 0 aromatic heterocycles. The molecule has 142 valence electrons. The van der Waals surface area contributed by atoms with E-state index in [1.165, 1.54) is 7.11 Å². The van der Waals surface area contributed by atoms with Crippen LogP contribution in [-0.4, -0.2) is 18.9 Å². The number of carbonyl (C=O) groups excluding carboxylic acids is 2. The zero-order valence-electron chi connectivity index (χ0n) is 15.5. The number of para-hydroxylation sites is 1. The first-order valence-corrected chi connectivity index (χ1v) is 8.97. The molecule has 0 saturated carbocycles. The van der Waals surface area contributed by atoms with E-state index in [1.807, 2.05) is 25.1 Å². The number of carbonyl (C=O) groups is 2. The summed E-state index contributed by atoms with van der Waals surface area (Å²) in [7, 11) is 1.50.